The molecule has 4 nitrogen and oxygen atoms in total. The molecule has 22 heavy (non-hydrogen) atoms. The van der Waals surface area contributed by atoms with E-state index in [1.807, 2.05) is 60.7 Å². The minimum atomic E-state index is -0.139. The van der Waals surface area contributed by atoms with Gasteiger partial charge in [-0.1, -0.05) is 53.7 Å². The molecule has 0 saturated carbocycles. The number of benzene rings is 2. The second-order valence-corrected chi connectivity index (χ2v) is 4.78. The molecule has 0 aliphatic heterocycles. The van der Waals surface area contributed by atoms with Gasteiger partial charge in [0, 0.05) is 29.1 Å². The third-order valence-corrected chi connectivity index (χ3v) is 3.37. The van der Waals surface area contributed by atoms with E-state index < -0.39 is 0 Å². The molecule has 1 aromatic heterocycles. The monoisotopic (exact) mass is 290 g/mol. The van der Waals surface area contributed by atoms with E-state index in [1.54, 1.807) is 12.3 Å². The van der Waals surface area contributed by atoms with Crippen LogP contribution in [0.1, 0.15) is 11.1 Å². The Morgan fingerprint density at radius 2 is 1.45 bits per heavy atom. The fourth-order valence-electron chi connectivity index (χ4n) is 2.30. The summed E-state index contributed by atoms with van der Waals surface area (Å²) in [5, 5.41) is 12.8. The lowest BCUT2D eigenvalue weighted by molar-refractivity contribution is 0.319. The van der Waals surface area contributed by atoms with Crippen LogP contribution in [-0.2, 0) is 0 Å². The second-order valence-electron chi connectivity index (χ2n) is 4.78. The van der Waals surface area contributed by atoms with Crippen LogP contribution in [0.3, 0.4) is 0 Å². The molecule has 0 atom stereocenters. The van der Waals surface area contributed by atoms with Crippen LogP contribution >= 0.6 is 0 Å². The second kappa shape index (κ2) is 6.10. The topological polar surface area (TPSA) is 54.6 Å². The SMILES string of the molecule is O=c1ccc(/C(=N\O)c2ccccc2)cn1-c1ccccc1. The Morgan fingerprint density at radius 3 is 2.09 bits per heavy atom. The molecule has 0 amide bonds. The number of hydrogen-bond acceptors (Lipinski definition) is 3. The van der Waals surface area contributed by atoms with E-state index in [4.69, 9.17) is 0 Å². The van der Waals surface area contributed by atoms with E-state index >= 15 is 0 Å². The molecule has 3 rings (SSSR count). The summed E-state index contributed by atoms with van der Waals surface area (Å²) in [6.45, 7) is 0. The van der Waals surface area contributed by atoms with Gasteiger partial charge in [0.1, 0.15) is 5.71 Å². The number of para-hydroxylation sites is 1. The van der Waals surface area contributed by atoms with Crippen molar-refractivity contribution in [2.24, 2.45) is 5.16 Å². The number of rotatable bonds is 3. The van der Waals surface area contributed by atoms with Crippen molar-refractivity contribution in [2.75, 3.05) is 0 Å². The van der Waals surface area contributed by atoms with Crippen LogP contribution in [0.5, 0.6) is 0 Å². The maximum atomic E-state index is 12.1. The summed E-state index contributed by atoms with van der Waals surface area (Å²) in [4.78, 5) is 12.1. The first-order chi connectivity index (χ1) is 10.8. The fraction of sp³-hybridized carbons (Fsp3) is 0. The molecule has 108 valence electrons. The van der Waals surface area contributed by atoms with Crippen LogP contribution in [0.4, 0.5) is 0 Å². The minimum Gasteiger partial charge on any atom is -0.410 e. The van der Waals surface area contributed by atoms with Crippen LogP contribution in [-0.4, -0.2) is 15.5 Å². The van der Waals surface area contributed by atoms with Gasteiger partial charge >= 0.3 is 0 Å². The summed E-state index contributed by atoms with van der Waals surface area (Å²) in [5.41, 5.74) is 2.49. The van der Waals surface area contributed by atoms with Crippen LogP contribution in [0, 0.1) is 0 Å². The quantitative estimate of drug-likeness (QED) is 0.458. The summed E-state index contributed by atoms with van der Waals surface area (Å²) in [7, 11) is 0. The molecule has 1 N–H and O–H groups in total. The van der Waals surface area contributed by atoms with Gasteiger partial charge in [0.25, 0.3) is 5.56 Å². The highest BCUT2D eigenvalue weighted by molar-refractivity contribution is 6.12. The van der Waals surface area contributed by atoms with Crippen LogP contribution < -0.4 is 5.56 Å². The highest BCUT2D eigenvalue weighted by Crippen LogP contribution is 2.12. The van der Waals surface area contributed by atoms with Crippen molar-refractivity contribution in [3.05, 3.63) is 100 Å². The van der Waals surface area contributed by atoms with E-state index in [0.717, 1.165) is 11.3 Å². The van der Waals surface area contributed by atoms with Crippen LogP contribution in [0.25, 0.3) is 5.69 Å². The molecule has 0 spiro atoms. The van der Waals surface area contributed by atoms with E-state index in [2.05, 4.69) is 5.16 Å². The van der Waals surface area contributed by atoms with Crippen molar-refractivity contribution in [2.45, 2.75) is 0 Å². The highest BCUT2D eigenvalue weighted by Gasteiger charge is 2.09. The van der Waals surface area contributed by atoms with Gasteiger partial charge in [-0.3, -0.25) is 9.36 Å². The van der Waals surface area contributed by atoms with Crippen LogP contribution in [0.15, 0.2) is 88.9 Å². The molecule has 0 fully saturated rings. The minimum absolute atomic E-state index is 0.139. The van der Waals surface area contributed by atoms with Crippen molar-refractivity contribution in [1.29, 1.82) is 0 Å². The number of oxime groups is 1. The number of aromatic nitrogens is 1. The Balaban J connectivity index is 2.12. The van der Waals surface area contributed by atoms with Crippen molar-refractivity contribution in [3.63, 3.8) is 0 Å². The standard InChI is InChI=1S/C18H14N2O2/c21-17-12-11-15(13-20(17)16-9-5-2-6-10-16)18(19-22)14-7-3-1-4-8-14/h1-13,22H/b19-18-. The lowest BCUT2D eigenvalue weighted by Crippen LogP contribution is -2.18. The van der Waals surface area contributed by atoms with E-state index in [9.17, 15) is 10.0 Å². The highest BCUT2D eigenvalue weighted by atomic mass is 16.4. The summed E-state index contributed by atoms with van der Waals surface area (Å²) in [5.74, 6) is 0. The molecule has 0 unspecified atom stereocenters. The lowest BCUT2D eigenvalue weighted by Gasteiger charge is -2.09. The summed E-state index contributed by atoms with van der Waals surface area (Å²) in [6, 6.07) is 21.8. The molecule has 0 radical (unpaired) electrons. The fourth-order valence-corrected chi connectivity index (χ4v) is 2.30. The molecule has 3 aromatic rings. The lowest BCUT2D eigenvalue weighted by atomic mass is 10.0. The molecule has 0 bridgehead atoms. The zero-order valence-corrected chi connectivity index (χ0v) is 11.8. The molecule has 0 saturated heterocycles. The normalized spacial score (nSPS) is 11.4. The molecule has 2 aromatic carbocycles. The molecular weight excluding hydrogens is 276 g/mol. The Morgan fingerprint density at radius 1 is 0.818 bits per heavy atom. The van der Waals surface area contributed by atoms with Gasteiger partial charge in [-0.25, -0.2) is 0 Å². The van der Waals surface area contributed by atoms with Crippen molar-refractivity contribution >= 4 is 5.71 Å². The van der Waals surface area contributed by atoms with E-state index in [1.165, 1.54) is 10.6 Å². The number of hydrogen-bond donors (Lipinski definition) is 1. The molecule has 4 heteroatoms. The Labute approximate surface area is 127 Å². The van der Waals surface area contributed by atoms with Gasteiger partial charge in [-0.15, -0.1) is 0 Å². The molecular formula is C18H14N2O2. The predicted molar refractivity (Wildman–Crippen MR) is 85.9 cm³/mol. The van der Waals surface area contributed by atoms with Crippen molar-refractivity contribution in [3.8, 4) is 5.69 Å². The third kappa shape index (κ3) is 2.67. The van der Waals surface area contributed by atoms with Gasteiger partial charge in [0.2, 0.25) is 0 Å². The predicted octanol–water partition coefficient (Wildman–Crippen LogP) is 3.06. The van der Waals surface area contributed by atoms with Gasteiger partial charge in [-0.05, 0) is 18.2 Å². The molecule has 0 aliphatic carbocycles. The number of pyridine rings is 1. The Bertz CT molecular complexity index is 853. The zero-order chi connectivity index (χ0) is 15.4. The first-order valence-corrected chi connectivity index (χ1v) is 6.85. The zero-order valence-electron chi connectivity index (χ0n) is 11.8. The molecule has 0 aliphatic rings. The maximum Gasteiger partial charge on any atom is 0.255 e. The van der Waals surface area contributed by atoms with Gasteiger partial charge in [-0.2, -0.15) is 0 Å². The summed E-state index contributed by atoms with van der Waals surface area (Å²) in [6.07, 6.45) is 1.68. The molecule has 1 heterocycles. The van der Waals surface area contributed by atoms with Crippen LogP contribution in [0.2, 0.25) is 0 Å². The van der Waals surface area contributed by atoms with Crippen molar-refractivity contribution in [1.82, 2.24) is 4.57 Å². The van der Waals surface area contributed by atoms with Gasteiger partial charge in [0.15, 0.2) is 0 Å². The smallest absolute Gasteiger partial charge is 0.255 e. The largest absolute Gasteiger partial charge is 0.410 e. The number of nitrogens with zero attached hydrogens (tertiary/aromatic N) is 2. The first kappa shape index (κ1) is 13.8. The Hall–Kier alpha value is -3.14. The summed E-state index contributed by atoms with van der Waals surface area (Å²) >= 11 is 0. The average Bonchev–Trinajstić information content (AvgIpc) is 2.59. The van der Waals surface area contributed by atoms with E-state index in [0.29, 0.717) is 11.3 Å². The maximum absolute atomic E-state index is 12.1. The van der Waals surface area contributed by atoms with Gasteiger partial charge in [0.05, 0.1) is 0 Å². The summed E-state index contributed by atoms with van der Waals surface area (Å²) < 4.78 is 1.53. The van der Waals surface area contributed by atoms with E-state index in [-0.39, 0.29) is 5.56 Å². The third-order valence-electron chi connectivity index (χ3n) is 3.37. The van der Waals surface area contributed by atoms with Crippen molar-refractivity contribution < 1.29 is 5.21 Å². The Kier molecular flexibility index (Phi) is 3.83. The van der Waals surface area contributed by atoms with Gasteiger partial charge < -0.3 is 5.21 Å². The average molecular weight is 290 g/mol. The first-order valence-electron chi connectivity index (χ1n) is 6.85.